The summed E-state index contributed by atoms with van der Waals surface area (Å²) in [6.45, 7) is 4.40. The fourth-order valence-electron chi connectivity index (χ4n) is 3.05. The van der Waals surface area contributed by atoms with Gasteiger partial charge in [0.25, 0.3) is 0 Å². The van der Waals surface area contributed by atoms with E-state index in [9.17, 15) is 0 Å². The van der Waals surface area contributed by atoms with Gasteiger partial charge in [-0.1, -0.05) is 0 Å². The summed E-state index contributed by atoms with van der Waals surface area (Å²) in [7, 11) is 2.18. The normalized spacial score (nSPS) is 24.6. The van der Waals surface area contributed by atoms with Gasteiger partial charge in [-0.15, -0.1) is 0 Å². The summed E-state index contributed by atoms with van der Waals surface area (Å²) in [5.41, 5.74) is 2.72. The fourth-order valence-corrected chi connectivity index (χ4v) is 3.05. The molecule has 0 radical (unpaired) electrons. The zero-order chi connectivity index (χ0) is 11.7. The lowest BCUT2D eigenvalue weighted by molar-refractivity contribution is 0.368. The number of rotatable bonds is 2. The third-order valence-corrected chi connectivity index (χ3v) is 4.09. The molecule has 2 aliphatic heterocycles. The van der Waals surface area contributed by atoms with Crippen LogP contribution in [0.25, 0.3) is 0 Å². The highest BCUT2D eigenvalue weighted by molar-refractivity contribution is 5.20. The lowest BCUT2D eigenvalue weighted by Gasteiger charge is -2.22. The van der Waals surface area contributed by atoms with Crippen LogP contribution in [-0.2, 0) is 26.4 Å². The molecular weight excluding hydrogens is 212 g/mol. The van der Waals surface area contributed by atoms with Gasteiger partial charge in [-0.3, -0.25) is 0 Å². The van der Waals surface area contributed by atoms with Crippen molar-refractivity contribution in [2.24, 2.45) is 13.0 Å². The monoisotopic (exact) mass is 234 g/mol. The predicted octanol–water partition coefficient (Wildman–Crippen LogP) is 0.608. The maximum atomic E-state index is 4.82. The van der Waals surface area contributed by atoms with Gasteiger partial charge in [0.2, 0.25) is 0 Å². The Labute approximate surface area is 103 Å². The molecule has 2 N–H and O–H groups in total. The molecule has 3 rings (SSSR count). The van der Waals surface area contributed by atoms with Crippen molar-refractivity contribution in [3.63, 3.8) is 0 Å². The molecule has 0 spiro atoms. The first-order valence-electron chi connectivity index (χ1n) is 6.79. The van der Waals surface area contributed by atoms with Gasteiger partial charge in [-0.25, -0.2) is 4.98 Å². The molecule has 1 unspecified atom stereocenters. The Hall–Kier alpha value is -0.870. The molecule has 17 heavy (non-hydrogen) atoms. The molecule has 4 heteroatoms. The summed E-state index contributed by atoms with van der Waals surface area (Å²) in [4.78, 5) is 4.82. The third-order valence-electron chi connectivity index (χ3n) is 4.09. The molecule has 0 aromatic carbocycles. The molecule has 0 saturated carbocycles. The van der Waals surface area contributed by atoms with Gasteiger partial charge in [0.1, 0.15) is 5.82 Å². The molecular formula is C13H22N4. The Balaban J connectivity index is 1.76. The topological polar surface area (TPSA) is 41.9 Å². The summed E-state index contributed by atoms with van der Waals surface area (Å²) in [5.74, 6) is 2.06. The van der Waals surface area contributed by atoms with Gasteiger partial charge >= 0.3 is 0 Å². The van der Waals surface area contributed by atoms with Crippen molar-refractivity contribution in [2.45, 2.75) is 32.2 Å². The van der Waals surface area contributed by atoms with Crippen molar-refractivity contribution in [1.82, 2.24) is 20.2 Å². The van der Waals surface area contributed by atoms with Crippen LogP contribution in [0.1, 0.15) is 30.1 Å². The van der Waals surface area contributed by atoms with E-state index in [1.54, 1.807) is 0 Å². The lowest BCUT2D eigenvalue weighted by Crippen LogP contribution is -2.31. The van der Waals surface area contributed by atoms with E-state index >= 15 is 0 Å². The highest BCUT2D eigenvalue weighted by atomic mass is 15.1. The number of hydrogen-bond donors (Lipinski definition) is 2. The van der Waals surface area contributed by atoms with Crippen LogP contribution in [-0.4, -0.2) is 29.2 Å². The number of hydrogen-bond acceptors (Lipinski definition) is 3. The molecule has 3 heterocycles. The van der Waals surface area contributed by atoms with E-state index in [0.717, 1.165) is 38.4 Å². The molecule has 94 valence electrons. The van der Waals surface area contributed by atoms with Crippen molar-refractivity contribution in [2.75, 3.05) is 19.6 Å². The lowest BCUT2D eigenvalue weighted by atomic mass is 9.96. The molecule has 2 aliphatic rings. The van der Waals surface area contributed by atoms with E-state index in [1.807, 2.05) is 0 Å². The van der Waals surface area contributed by atoms with Gasteiger partial charge in [0, 0.05) is 38.7 Å². The average Bonchev–Trinajstić information content (AvgIpc) is 2.68. The van der Waals surface area contributed by atoms with Crippen molar-refractivity contribution >= 4 is 0 Å². The predicted molar refractivity (Wildman–Crippen MR) is 67.9 cm³/mol. The van der Waals surface area contributed by atoms with Crippen molar-refractivity contribution < 1.29 is 0 Å². The standard InChI is InChI=1S/C13H22N4/c1-17-12-4-6-15-9-11(12)16-13(17)7-10-3-2-5-14-8-10/h10,14-15H,2-9H2,1H3. The molecule has 1 atom stereocenters. The first-order valence-corrected chi connectivity index (χ1v) is 6.79. The molecule has 0 bridgehead atoms. The zero-order valence-corrected chi connectivity index (χ0v) is 10.6. The van der Waals surface area contributed by atoms with E-state index in [-0.39, 0.29) is 0 Å². The minimum Gasteiger partial charge on any atom is -0.335 e. The molecule has 1 fully saturated rings. The van der Waals surface area contributed by atoms with E-state index in [4.69, 9.17) is 4.98 Å². The highest BCUT2D eigenvalue weighted by Gasteiger charge is 2.21. The molecule has 4 nitrogen and oxygen atoms in total. The van der Waals surface area contributed by atoms with E-state index in [1.165, 1.54) is 36.6 Å². The molecule has 0 aliphatic carbocycles. The fraction of sp³-hybridized carbons (Fsp3) is 0.769. The summed E-state index contributed by atoms with van der Waals surface area (Å²) >= 11 is 0. The Morgan fingerprint density at radius 3 is 3.06 bits per heavy atom. The minimum absolute atomic E-state index is 0.777. The maximum Gasteiger partial charge on any atom is 0.109 e. The quantitative estimate of drug-likeness (QED) is 0.788. The van der Waals surface area contributed by atoms with Crippen LogP contribution in [0.15, 0.2) is 0 Å². The van der Waals surface area contributed by atoms with Gasteiger partial charge in [0.15, 0.2) is 0 Å². The summed E-state index contributed by atoms with van der Waals surface area (Å²) in [6, 6.07) is 0. The summed E-state index contributed by atoms with van der Waals surface area (Å²) < 4.78 is 2.34. The van der Waals surface area contributed by atoms with E-state index < -0.39 is 0 Å². The van der Waals surface area contributed by atoms with E-state index in [2.05, 4.69) is 22.2 Å². The van der Waals surface area contributed by atoms with Crippen LogP contribution in [0, 0.1) is 5.92 Å². The van der Waals surface area contributed by atoms with Gasteiger partial charge in [0.05, 0.1) is 5.69 Å². The first kappa shape index (κ1) is 11.2. The van der Waals surface area contributed by atoms with Gasteiger partial charge in [-0.2, -0.15) is 0 Å². The SMILES string of the molecule is Cn1c(CC2CCCNC2)nc2c1CCNC2. The second-order valence-electron chi connectivity index (χ2n) is 5.32. The minimum atomic E-state index is 0.777. The Bertz CT molecular complexity index is 390. The van der Waals surface area contributed by atoms with Gasteiger partial charge < -0.3 is 15.2 Å². The second-order valence-corrected chi connectivity index (χ2v) is 5.32. The van der Waals surface area contributed by atoms with Crippen molar-refractivity contribution in [1.29, 1.82) is 0 Å². The summed E-state index contributed by atoms with van der Waals surface area (Å²) in [6.07, 6.45) is 4.93. The summed E-state index contributed by atoms with van der Waals surface area (Å²) in [5, 5.41) is 6.88. The first-order chi connectivity index (χ1) is 8.34. The van der Waals surface area contributed by atoms with Crippen molar-refractivity contribution in [3.8, 4) is 0 Å². The Kier molecular flexibility index (Phi) is 3.16. The van der Waals surface area contributed by atoms with Gasteiger partial charge in [-0.05, 0) is 31.8 Å². The number of fused-ring (bicyclic) bond motifs is 1. The van der Waals surface area contributed by atoms with Crippen molar-refractivity contribution in [3.05, 3.63) is 17.2 Å². The molecule has 0 amide bonds. The van der Waals surface area contributed by atoms with Crippen LogP contribution >= 0.6 is 0 Å². The van der Waals surface area contributed by atoms with Crippen LogP contribution in [0.2, 0.25) is 0 Å². The Morgan fingerprint density at radius 2 is 2.29 bits per heavy atom. The number of nitrogens with one attached hydrogen (secondary N) is 2. The van der Waals surface area contributed by atoms with E-state index in [0.29, 0.717) is 0 Å². The third kappa shape index (κ3) is 2.24. The second kappa shape index (κ2) is 4.78. The highest BCUT2D eigenvalue weighted by Crippen LogP contribution is 2.20. The van der Waals surface area contributed by atoms with Crippen LogP contribution < -0.4 is 10.6 Å². The number of imidazole rings is 1. The van der Waals surface area contributed by atoms with Crippen LogP contribution in [0.3, 0.4) is 0 Å². The van der Waals surface area contributed by atoms with Crippen LogP contribution in [0.5, 0.6) is 0 Å². The molecule has 1 saturated heterocycles. The molecule has 1 aromatic heterocycles. The number of piperidine rings is 1. The Morgan fingerprint density at radius 1 is 1.35 bits per heavy atom. The molecule has 1 aromatic rings. The maximum absolute atomic E-state index is 4.82. The number of nitrogens with zero attached hydrogens (tertiary/aromatic N) is 2. The smallest absolute Gasteiger partial charge is 0.109 e. The van der Waals surface area contributed by atoms with Crippen LogP contribution in [0.4, 0.5) is 0 Å². The largest absolute Gasteiger partial charge is 0.335 e. The zero-order valence-electron chi connectivity index (χ0n) is 10.6. The number of aromatic nitrogens is 2. The average molecular weight is 234 g/mol.